The first kappa shape index (κ1) is 14.6. The van der Waals surface area contributed by atoms with E-state index < -0.39 is 5.92 Å². The Morgan fingerprint density at radius 1 is 1.50 bits per heavy atom. The van der Waals surface area contributed by atoms with Crippen LogP contribution in [0.25, 0.3) is 0 Å². The first-order valence-electron chi connectivity index (χ1n) is 5.89. The summed E-state index contributed by atoms with van der Waals surface area (Å²) in [5, 5.41) is 11.6. The van der Waals surface area contributed by atoms with E-state index in [1.54, 1.807) is 31.4 Å². The summed E-state index contributed by atoms with van der Waals surface area (Å²) in [6.45, 7) is 1.84. The number of hydrogen-bond donors (Lipinski definition) is 0. The average molecular weight is 306 g/mol. The Hall–Kier alpha value is -1.83. The van der Waals surface area contributed by atoms with Crippen LogP contribution in [0.4, 0.5) is 0 Å². The topological polar surface area (TPSA) is 50.1 Å². The van der Waals surface area contributed by atoms with Gasteiger partial charge in [-0.15, -0.1) is 11.3 Å². The Balaban J connectivity index is 2.40. The van der Waals surface area contributed by atoms with Crippen LogP contribution in [0.15, 0.2) is 29.6 Å². The van der Waals surface area contributed by atoms with Crippen molar-refractivity contribution < 1.29 is 9.53 Å². The molecule has 0 saturated heterocycles. The van der Waals surface area contributed by atoms with Crippen molar-refractivity contribution in [2.24, 2.45) is 0 Å². The van der Waals surface area contributed by atoms with Crippen LogP contribution in [-0.4, -0.2) is 12.9 Å². The minimum absolute atomic E-state index is 0.274. The fourth-order valence-electron chi connectivity index (χ4n) is 1.83. The van der Waals surface area contributed by atoms with E-state index in [9.17, 15) is 10.1 Å². The monoisotopic (exact) mass is 305 g/mol. The highest BCUT2D eigenvalue weighted by molar-refractivity contribution is 7.13. The van der Waals surface area contributed by atoms with Crippen molar-refractivity contribution in [1.82, 2.24) is 0 Å². The summed E-state index contributed by atoms with van der Waals surface area (Å²) < 4.78 is 5.12. The summed E-state index contributed by atoms with van der Waals surface area (Å²) >= 11 is 7.37. The number of Topliss-reactive ketones (excluding diaryl/α,β-unsaturated/α-hetero) is 1. The van der Waals surface area contributed by atoms with Gasteiger partial charge in [-0.2, -0.15) is 5.26 Å². The number of hydrogen-bond acceptors (Lipinski definition) is 4. The molecule has 2 aromatic rings. The highest BCUT2D eigenvalue weighted by Crippen LogP contribution is 2.32. The number of ketones is 1. The van der Waals surface area contributed by atoms with Gasteiger partial charge in [0.1, 0.15) is 11.7 Å². The molecule has 3 nitrogen and oxygen atoms in total. The van der Waals surface area contributed by atoms with Gasteiger partial charge in [0, 0.05) is 0 Å². The number of aryl methyl sites for hydroxylation is 1. The predicted octanol–water partition coefficient (Wildman–Crippen LogP) is 4.21. The number of ether oxygens (including phenoxy) is 1. The number of thiophene rings is 1. The standard InChI is InChI=1S/C15H12ClNO2S/c1-9-8-20-15(13(9)16)14(18)12(7-17)10-4-3-5-11(6-10)19-2/h3-6,8,12H,1-2H3. The summed E-state index contributed by atoms with van der Waals surface area (Å²) in [5.41, 5.74) is 1.46. The number of benzene rings is 1. The Kier molecular flexibility index (Phi) is 4.43. The molecule has 1 unspecified atom stereocenters. The molecule has 0 amide bonds. The minimum Gasteiger partial charge on any atom is -0.497 e. The van der Waals surface area contributed by atoms with Gasteiger partial charge in [0.15, 0.2) is 5.78 Å². The average Bonchev–Trinajstić information content (AvgIpc) is 2.80. The lowest BCUT2D eigenvalue weighted by molar-refractivity contribution is 0.0983. The summed E-state index contributed by atoms with van der Waals surface area (Å²) in [6.07, 6.45) is 0. The van der Waals surface area contributed by atoms with Crippen LogP contribution in [-0.2, 0) is 0 Å². The largest absolute Gasteiger partial charge is 0.497 e. The molecular formula is C15H12ClNO2S. The minimum atomic E-state index is -0.874. The molecule has 20 heavy (non-hydrogen) atoms. The molecule has 0 saturated carbocycles. The second-order valence-electron chi connectivity index (χ2n) is 4.26. The van der Waals surface area contributed by atoms with Gasteiger partial charge in [-0.25, -0.2) is 0 Å². The maximum atomic E-state index is 12.5. The highest BCUT2D eigenvalue weighted by Gasteiger charge is 2.26. The number of methoxy groups -OCH3 is 1. The zero-order valence-corrected chi connectivity index (χ0v) is 12.6. The second-order valence-corrected chi connectivity index (χ2v) is 5.52. The quantitative estimate of drug-likeness (QED) is 0.795. The molecule has 1 heterocycles. The molecule has 0 fully saturated rings. The van der Waals surface area contributed by atoms with E-state index in [1.165, 1.54) is 11.3 Å². The van der Waals surface area contributed by atoms with Crippen LogP contribution < -0.4 is 4.74 Å². The van der Waals surface area contributed by atoms with Crippen molar-refractivity contribution in [1.29, 1.82) is 5.26 Å². The molecule has 0 bridgehead atoms. The third-order valence-electron chi connectivity index (χ3n) is 2.94. The number of rotatable bonds is 4. The highest BCUT2D eigenvalue weighted by atomic mass is 35.5. The SMILES string of the molecule is COc1cccc(C(C#N)C(=O)c2scc(C)c2Cl)c1. The molecule has 0 aliphatic rings. The van der Waals surface area contributed by atoms with E-state index in [0.29, 0.717) is 21.2 Å². The molecule has 1 aromatic carbocycles. The molecule has 0 spiro atoms. The molecule has 0 radical (unpaired) electrons. The van der Waals surface area contributed by atoms with E-state index in [-0.39, 0.29) is 5.78 Å². The Morgan fingerprint density at radius 3 is 2.80 bits per heavy atom. The lowest BCUT2D eigenvalue weighted by Crippen LogP contribution is -2.10. The van der Waals surface area contributed by atoms with Gasteiger partial charge in [-0.1, -0.05) is 23.7 Å². The summed E-state index contributed by atoms with van der Waals surface area (Å²) in [4.78, 5) is 12.9. The van der Waals surface area contributed by atoms with Crippen LogP contribution >= 0.6 is 22.9 Å². The van der Waals surface area contributed by atoms with Crippen molar-refractivity contribution in [3.05, 3.63) is 50.7 Å². The van der Waals surface area contributed by atoms with Crippen molar-refractivity contribution in [2.75, 3.05) is 7.11 Å². The molecule has 102 valence electrons. The first-order valence-corrected chi connectivity index (χ1v) is 7.15. The lowest BCUT2D eigenvalue weighted by atomic mass is 9.95. The third-order valence-corrected chi connectivity index (χ3v) is 4.65. The van der Waals surface area contributed by atoms with Crippen molar-refractivity contribution >= 4 is 28.7 Å². The van der Waals surface area contributed by atoms with Crippen molar-refractivity contribution in [3.8, 4) is 11.8 Å². The van der Waals surface area contributed by atoms with Crippen LogP contribution in [0.1, 0.15) is 26.7 Å². The Morgan fingerprint density at radius 2 is 2.25 bits per heavy atom. The summed E-state index contributed by atoms with van der Waals surface area (Å²) in [6, 6.07) is 9.01. The van der Waals surface area contributed by atoms with Crippen LogP contribution in [0, 0.1) is 18.3 Å². The van der Waals surface area contributed by atoms with Crippen LogP contribution in [0.5, 0.6) is 5.75 Å². The van der Waals surface area contributed by atoms with Gasteiger partial charge in [-0.3, -0.25) is 4.79 Å². The zero-order chi connectivity index (χ0) is 14.7. The predicted molar refractivity (Wildman–Crippen MR) is 79.7 cm³/mol. The molecule has 2 rings (SSSR count). The van der Waals surface area contributed by atoms with Gasteiger partial charge in [-0.05, 0) is 35.6 Å². The van der Waals surface area contributed by atoms with E-state index in [1.807, 2.05) is 18.4 Å². The van der Waals surface area contributed by atoms with Gasteiger partial charge in [0.2, 0.25) is 0 Å². The van der Waals surface area contributed by atoms with Crippen molar-refractivity contribution in [3.63, 3.8) is 0 Å². The maximum Gasteiger partial charge on any atom is 0.195 e. The number of carbonyl (C=O) groups is 1. The van der Waals surface area contributed by atoms with Gasteiger partial charge in [0.05, 0.1) is 23.1 Å². The molecule has 0 aliphatic carbocycles. The van der Waals surface area contributed by atoms with Gasteiger partial charge < -0.3 is 4.74 Å². The Labute approximate surface area is 126 Å². The Bertz CT molecular complexity index is 687. The van der Waals surface area contributed by atoms with E-state index >= 15 is 0 Å². The summed E-state index contributed by atoms with van der Waals surface area (Å²) in [7, 11) is 1.54. The number of nitriles is 1. The number of halogens is 1. The smallest absolute Gasteiger partial charge is 0.195 e. The zero-order valence-electron chi connectivity index (χ0n) is 11.0. The van der Waals surface area contributed by atoms with E-state index in [2.05, 4.69) is 0 Å². The maximum absolute atomic E-state index is 12.5. The normalized spacial score (nSPS) is 11.7. The number of carbonyl (C=O) groups excluding carboxylic acids is 1. The molecular weight excluding hydrogens is 294 g/mol. The van der Waals surface area contributed by atoms with Gasteiger partial charge >= 0.3 is 0 Å². The van der Waals surface area contributed by atoms with E-state index in [4.69, 9.17) is 16.3 Å². The van der Waals surface area contributed by atoms with Gasteiger partial charge in [0.25, 0.3) is 0 Å². The molecule has 5 heteroatoms. The van der Waals surface area contributed by atoms with Crippen LogP contribution in [0.2, 0.25) is 5.02 Å². The molecule has 1 aromatic heterocycles. The number of nitrogens with zero attached hydrogens (tertiary/aromatic N) is 1. The van der Waals surface area contributed by atoms with Crippen molar-refractivity contribution in [2.45, 2.75) is 12.8 Å². The molecule has 0 N–H and O–H groups in total. The fraction of sp³-hybridized carbons (Fsp3) is 0.200. The molecule has 0 aliphatic heterocycles. The molecule has 1 atom stereocenters. The first-order chi connectivity index (χ1) is 9.58. The lowest BCUT2D eigenvalue weighted by Gasteiger charge is -2.09. The fourth-order valence-corrected chi connectivity index (χ4v) is 3.09. The van der Waals surface area contributed by atoms with E-state index in [0.717, 1.165) is 5.56 Å². The van der Waals surface area contributed by atoms with Crippen LogP contribution in [0.3, 0.4) is 0 Å². The summed E-state index contributed by atoms with van der Waals surface area (Å²) in [5.74, 6) is -0.534. The second kappa shape index (κ2) is 6.08. The third kappa shape index (κ3) is 2.69.